The number of fused-ring (bicyclic) bond motifs is 11. The van der Waals surface area contributed by atoms with Gasteiger partial charge >= 0.3 is 0 Å². The summed E-state index contributed by atoms with van der Waals surface area (Å²) in [5, 5.41) is 7.46. The summed E-state index contributed by atoms with van der Waals surface area (Å²) in [6.07, 6.45) is 4.87. The predicted octanol–water partition coefficient (Wildman–Crippen LogP) is 14.7. The minimum Gasteiger partial charge on any atom is -0.455 e. The Hall–Kier alpha value is -5.81. The topological polar surface area (TPSA) is 16.4 Å². The Morgan fingerprint density at radius 2 is 1.25 bits per heavy atom. The molecule has 2 aromatic heterocycles. The van der Waals surface area contributed by atoms with Gasteiger partial charge in [0, 0.05) is 57.7 Å². The van der Waals surface area contributed by atoms with Crippen molar-refractivity contribution in [2.24, 2.45) is 0 Å². The maximum atomic E-state index is 6.62. The largest absolute Gasteiger partial charge is 0.455 e. The number of furan rings is 1. The average Bonchev–Trinajstić information content (AvgIpc) is 3.83. The van der Waals surface area contributed by atoms with Gasteiger partial charge in [-0.1, -0.05) is 97.1 Å². The second-order valence-electron chi connectivity index (χ2n) is 14.1. The molecule has 248 valence electrons. The zero-order chi connectivity index (χ0) is 34.6. The molecule has 11 rings (SSSR count). The Kier molecular flexibility index (Phi) is 6.37. The summed E-state index contributed by atoms with van der Waals surface area (Å²) in [5.74, 6) is 0. The number of para-hydroxylation sites is 1. The van der Waals surface area contributed by atoms with E-state index in [1.165, 1.54) is 79.4 Å². The van der Waals surface area contributed by atoms with E-state index in [0.717, 1.165) is 22.5 Å². The van der Waals surface area contributed by atoms with E-state index in [4.69, 9.17) is 4.42 Å². The van der Waals surface area contributed by atoms with E-state index >= 15 is 0 Å². The van der Waals surface area contributed by atoms with Crippen LogP contribution < -0.4 is 4.90 Å². The van der Waals surface area contributed by atoms with E-state index in [0.29, 0.717) is 0 Å². The van der Waals surface area contributed by atoms with Gasteiger partial charge in [0.1, 0.15) is 11.2 Å². The van der Waals surface area contributed by atoms with Gasteiger partial charge in [-0.05, 0) is 107 Å². The summed E-state index contributed by atoms with van der Waals surface area (Å²) in [5.41, 5.74) is 10.4. The second kappa shape index (κ2) is 11.1. The van der Waals surface area contributed by atoms with Gasteiger partial charge < -0.3 is 9.32 Å². The van der Waals surface area contributed by atoms with Gasteiger partial charge in [-0.3, -0.25) is 0 Å². The number of rotatable bonds is 4. The summed E-state index contributed by atoms with van der Waals surface area (Å²) in [6.45, 7) is 0. The smallest absolute Gasteiger partial charge is 0.144 e. The first kappa shape index (κ1) is 29.9. The van der Waals surface area contributed by atoms with Crippen molar-refractivity contribution in [3.63, 3.8) is 0 Å². The molecule has 10 aromatic rings. The summed E-state index contributed by atoms with van der Waals surface area (Å²) in [6, 6.07) is 60.2. The molecule has 0 saturated carbocycles. The normalized spacial score (nSPS) is 14.0. The van der Waals surface area contributed by atoms with Gasteiger partial charge in [0.05, 0.1) is 5.69 Å². The molecule has 4 heteroatoms. The van der Waals surface area contributed by atoms with Crippen LogP contribution >= 0.6 is 21.4 Å². The molecular weight excluding hydrogens is 671 g/mol. The zero-order valence-electron chi connectivity index (χ0n) is 28.8. The van der Waals surface area contributed by atoms with Crippen molar-refractivity contribution < 1.29 is 4.42 Å². The highest BCUT2D eigenvalue weighted by atomic mass is 32.3. The fourth-order valence-corrected chi connectivity index (χ4v) is 12.0. The highest BCUT2D eigenvalue weighted by molar-refractivity contribution is 8.33. The van der Waals surface area contributed by atoms with E-state index < -0.39 is 10.0 Å². The minimum absolute atomic E-state index is 0.943. The Bertz CT molecular complexity index is 3060. The Balaban J connectivity index is 1.11. The molecule has 0 unspecified atom stereocenters. The molecule has 1 aliphatic rings. The van der Waals surface area contributed by atoms with E-state index in [2.05, 4.69) is 181 Å². The van der Waals surface area contributed by atoms with Gasteiger partial charge in [0.15, 0.2) is 0 Å². The van der Waals surface area contributed by atoms with Crippen molar-refractivity contribution in [1.82, 2.24) is 0 Å². The SMILES string of the molecule is CS1(C)c2cc(N(c3ccc(-c4ccc5ccccc5c4)cc3)c3cccc4sc5ccccc5c34)ccc2-c2c1ccc1c2oc2ccccc21. The first-order chi connectivity index (χ1) is 25.5. The molecule has 0 saturated heterocycles. The number of hydrogen-bond acceptors (Lipinski definition) is 3. The van der Waals surface area contributed by atoms with Crippen LogP contribution in [0.25, 0.3) is 75.1 Å². The summed E-state index contributed by atoms with van der Waals surface area (Å²) in [7, 11) is -1.33. The number of thiophene rings is 1. The lowest BCUT2D eigenvalue weighted by molar-refractivity contribution is 0.669. The second-order valence-corrected chi connectivity index (χ2v) is 18.7. The molecule has 0 aliphatic carbocycles. The minimum atomic E-state index is -1.33. The molecule has 0 atom stereocenters. The summed E-state index contributed by atoms with van der Waals surface area (Å²) < 4.78 is 9.22. The number of benzene rings is 8. The fourth-order valence-electron chi connectivity index (χ4n) is 8.39. The van der Waals surface area contributed by atoms with Crippen LogP contribution in [-0.2, 0) is 0 Å². The lowest BCUT2D eigenvalue weighted by Gasteiger charge is -2.31. The zero-order valence-corrected chi connectivity index (χ0v) is 30.4. The van der Waals surface area contributed by atoms with Crippen LogP contribution in [0, 0.1) is 0 Å². The van der Waals surface area contributed by atoms with Crippen molar-refractivity contribution in [3.05, 3.63) is 164 Å². The van der Waals surface area contributed by atoms with Crippen LogP contribution in [0.1, 0.15) is 0 Å². The van der Waals surface area contributed by atoms with E-state index in [1.54, 1.807) is 0 Å². The quantitative estimate of drug-likeness (QED) is 0.181. The molecule has 0 radical (unpaired) electrons. The van der Waals surface area contributed by atoms with E-state index in [9.17, 15) is 0 Å². The van der Waals surface area contributed by atoms with Crippen LogP contribution in [0.2, 0.25) is 0 Å². The van der Waals surface area contributed by atoms with Gasteiger partial charge in [-0.15, -0.1) is 11.3 Å². The maximum Gasteiger partial charge on any atom is 0.144 e. The molecule has 0 N–H and O–H groups in total. The molecule has 0 amide bonds. The van der Waals surface area contributed by atoms with Crippen LogP contribution in [0.5, 0.6) is 0 Å². The molecule has 8 aromatic carbocycles. The molecule has 52 heavy (non-hydrogen) atoms. The fraction of sp³-hybridized carbons (Fsp3) is 0.0417. The number of anilines is 3. The van der Waals surface area contributed by atoms with Gasteiger partial charge in [0.25, 0.3) is 0 Å². The molecule has 0 spiro atoms. The predicted molar refractivity (Wildman–Crippen MR) is 226 cm³/mol. The van der Waals surface area contributed by atoms with Crippen LogP contribution in [0.4, 0.5) is 17.1 Å². The average molecular weight is 704 g/mol. The van der Waals surface area contributed by atoms with Crippen LogP contribution in [0.15, 0.2) is 178 Å². The van der Waals surface area contributed by atoms with Crippen molar-refractivity contribution >= 4 is 91.3 Å². The molecule has 2 nitrogen and oxygen atoms in total. The standard InChI is InChI=1S/C48H33NOS2/c1-52(2)44-27-26-37-36-12-5-7-15-41(36)50-48(37)47(44)39-25-24-35(29-45(39)52)49(40-14-9-17-43-46(40)38-13-6-8-16-42(38)51-43)34-22-20-31(21-23-34)33-19-18-30-10-3-4-11-32(30)28-33/h3-29H,1-2H3. The molecule has 3 heterocycles. The Morgan fingerprint density at radius 1 is 0.519 bits per heavy atom. The first-order valence-corrected chi connectivity index (χ1v) is 20.9. The van der Waals surface area contributed by atoms with Crippen molar-refractivity contribution in [1.29, 1.82) is 0 Å². The van der Waals surface area contributed by atoms with Crippen LogP contribution in [-0.4, -0.2) is 12.5 Å². The highest BCUT2D eigenvalue weighted by Crippen LogP contribution is 2.69. The number of hydrogen-bond donors (Lipinski definition) is 0. The van der Waals surface area contributed by atoms with Crippen molar-refractivity contribution in [2.45, 2.75) is 9.79 Å². The third kappa shape index (κ3) is 4.32. The monoisotopic (exact) mass is 703 g/mol. The van der Waals surface area contributed by atoms with Gasteiger partial charge in [-0.2, -0.15) is 10.0 Å². The molecule has 0 fully saturated rings. The molecular formula is C48H33NOS2. The highest BCUT2D eigenvalue weighted by Gasteiger charge is 2.35. The maximum absolute atomic E-state index is 6.62. The third-order valence-corrected chi connectivity index (χ3v) is 14.9. The lowest BCUT2D eigenvalue weighted by Crippen LogP contribution is -2.11. The molecule has 0 bridgehead atoms. The van der Waals surface area contributed by atoms with Crippen LogP contribution in [0.3, 0.4) is 0 Å². The Morgan fingerprint density at radius 3 is 2.13 bits per heavy atom. The van der Waals surface area contributed by atoms with E-state index in [1.807, 2.05) is 11.3 Å². The lowest BCUT2D eigenvalue weighted by atomic mass is 10.00. The van der Waals surface area contributed by atoms with Gasteiger partial charge in [-0.25, -0.2) is 0 Å². The summed E-state index contributed by atoms with van der Waals surface area (Å²) >= 11 is 1.87. The van der Waals surface area contributed by atoms with Crippen molar-refractivity contribution in [3.8, 4) is 22.3 Å². The van der Waals surface area contributed by atoms with E-state index in [-0.39, 0.29) is 0 Å². The Labute approximate surface area is 307 Å². The molecule has 1 aliphatic heterocycles. The summed E-state index contributed by atoms with van der Waals surface area (Å²) in [4.78, 5) is 5.26. The third-order valence-electron chi connectivity index (χ3n) is 10.9. The van der Waals surface area contributed by atoms with Gasteiger partial charge in [0.2, 0.25) is 0 Å². The van der Waals surface area contributed by atoms with Crippen molar-refractivity contribution in [2.75, 3.05) is 17.4 Å². The number of nitrogens with zero attached hydrogens (tertiary/aromatic N) is 1. The first-order valence-electron chi connectivity index (χ1n) is 17.6.